The van der Waals surface area contributed by atoms with Crippen molar-refractivity contribution in [3.05, 3.63) is 21.9 Å². The molecule has 0 saturated heterocycles. The maximum absolute atomic E-state index is 12.6. The van der Waals surface area contributed by atoms with Gasteiger partial charge in [-0.2, -0.15) is 0 Å². The molecule has 0 aliphatic heterocycles. The van der Waals surface area contributed by atoms with Gasteiger partial charge in [-0.25, -0.2) is 0 Å². The van der Waals surface area contributed by atoms with Gasteiger partial charge in [0, 0.05) is 12.3 Å². The summed E-state index contributed by atoms with van der Waals surface area (Å²) in [6.45, 7) is 8.90. The summed E-state index contributed by atoms with van der Waals surface area (Å²) in [5, 5.41) is 11.6. The van der Waals surface area contributed by atoms with Gasteiger partial charge in [0.15, 0.2) is 5.69 Å². The number of aromatic nitrogens is 3. The van der Waals surface area contributed by atoms with E-state index in [0.717, 1.165) is 31.6 Å². The fraction of sp³-hybridized carbons (Fsp3) is 0.826. The Bertz CT molecular complexity index is 738. The van der Waals surface area contributed by atoms with Gasteiger partial charge in [-0.3, -0.25) is 9.59 Å². The fourth-order valence-corrected chi connectivity index (χ4v) is 5.08. The number of aromatic amines is 1. The van der Waals surface area contributed by atoms with E-state index < -0.39 is 0 Å². The van der Waals surface area contributed by atoms with Crippen LogP contribution in [0.3, 0.4) is 0 Å². The number of nitrogens with zero attached hydrogens (tertiary/aromatic N) is 2. The first kappa shape index (κ1) is 22.0. The Morgan fingerprint density at radius 3 is 2.31 bits per heavy atom. The highest BCUT2D eigenvalue weighted by molar-refractivity contribution is 5.76. The average molecular weight is 403 g/mol. The highest BCUT2D eigenvalue weighted by Crippen LogP contribution is 2.40. The summed E-state index contributed by atoms with van der Waals surface area (Å²) in [4.78, 5) is 28.2. The lowest BCUT2D eigenvalue weighted by Crippen LogP contribution is -2.35. The fourth-order valence-electron chi connectivity index (χ4n) is 5.08. The van der Waals surface area contributed by atoms with Crippen molar-refractivity contribution >= 4 is 5.91 Å². The molecule has 6 heteroatoms. The van der Waals surface area contributed by atoms with Crippen LogP contribution in [0.2, 0.25) is 0 Å². The molecule has 0 bridgehead atoms. The monoisotopic (exact) mass is 402 g/mol. The molecule has 3 rings (SSSR count). The van der Waals surface area contributed by atoms with Crippen molar-refractivity contribution in [2.45, 2.75) is 104 Å². The molecule has 2 fully saturated rings. The minimum absolute atomic E-state index is 0.0251. The number of hydrogen-bond acceptors (Lipinski definition) is 4. The normalized spacial score (nSPS) is 24.4. The van der Waals surface area contributed by atoms with Crippen LogP contribution in [0.25, 0.3) is 0 Å². The Balaban J connectivity index is 1.56. The number of amides is 1. The molecule has 2 N–H and O–H groups in total. The van der Waals surface area contributed by atoms with Gasteiger partial charge in [-0.15, -0.1) is 10.2 Å². The number of carbonyl (C=O) groups excluding carboxylic acids is 1. The van der Waals surface area contributed by atoms with Crippen LogP contribution in [0.15, 0.2) is 4.79 Å². The van der Waals surface area contributed by atoms with Crippen molar-refractivity contribution in [2.24, 2.45) is 17.3 Å². The molecule has 0 radical (unpaired) electrons. The zero-order chi connectivity index (χ0) is 21.0. The smallest absolute Gasteiger partial charge is 0.275 e. The number of carbonyl (C=O) groups is 1. The Hall–Kier alpha value is -1.72. The predicted molar refractivity (Wildman–Crippen MR) is 115 cm³/mol. The van der Waals surface area contributed by atoms with Crippen molar-refractivity contribution in [1.29, 1.82) is 0 Å². The van der Waals surface area contributed by atoms with Crippen LogP contribution in [-0.2, 0) is 4.79 Å². The van der Waals surface area contributed by atoms with Gasteiger partial charge in [-0.05, 0) is 62.2 Å². The molecule has 0 aromatic carbocycles. The van der Waals surface area contributed by atoms with Gasteiger partial charge >= 0.3 is 0 Å². The van der Waals surface area contributed by atoms with Crippen LogP contribution in [0, 0.1) is 17.3 Å². The maximum Gasteiger partial charge on any atom is 0.275 e. The summed E-state index contributed by atoms with van der Waals surface area (Å²) in [7, 11) is 0. The summed E-state index contributed by atoms with van der Waals surface area (Å²) in [5.41, 5.74) is 0.476. The summed E-state index contributed by atoms with van der Waals surface area (Å²) in [6, 6.07) is -0.373. The third kappa shape index (κ3) is 5.67. The second-order valence-corrected chi connectivity index (χ2v) is 10.2. The molecule has 29 heavy (non-hydrogen) atoms. The highest BCUT2D eigenvalue weighted by atomic mass is 16.2. The lowest BCUT2D eigenvalue weighted by Gasteiger charge is -2.36. The van der Waals surface area contributed by atoms with Crippen LogP contribution in [0.4, 0.5) is 0 Å². The van der Waals surface area contributed by atoms with Crippen LogP contribution >= 0.6 is 0 Å². The largest absolute Gasteiger partial charge is 0.347 e. The van der Waals surface area contributed by atoms with E-state index in [4.69, 9.17) is 0 Å². The summed E-state index contributed by atoms with van der Waals surface area (Å²) >= 11 is 0. The van der Waals surface area contributed by atoms with Crippen molar-refractivity contribution in [2.75, 3.05) is 0 Å². The van der Waals surface area contributed by atoms with E-state index >= 15 is 0 Å². The molecule has 2 saturated carbocycles. The molecule has 162 valence electrons. The van der Waals surface area contributed by atoms with E-state index in [0.29, 0.717) is 41.6 Å². The van der Waals surface area contributed by atoms with Crippen LogP contribution in [-0.4, -0.2) is 21.1 Å². The van der Waals surface area contributed by atoms with Gasteiger partial charge in [0.1, 0.15) is 5.82 Å². The molecule has 2 aliphatic carbocycles. The van der Waals surface area contributed by atoms with Crippen molar-refractivity contribution in [1.82, 2.24) is 20.5 Å². The topological polar surface area (TPSA) is 87.7 Å². The number of nitrogens with one attached hydrogen (secondary N) is 2. The van der Waals surface area contributed by atoms with Crippen molar-refractivity contribution < 1.29 is 4.79 Å². The molecule has 1 aromatic heterocycles. The van der Waals surface area contributed by atoms with E-state index in [1.165, 1.54) is 25.7 Å². The lowest BCUT2D eigenvalue weighted by molar-refractivity contribution is -0.123. The van der Waals surface area contributed by atoms with Crippen LogP contribution in [0.1, 0.15) is 115 Å². The minimum Gasteiger partial charge on any atom is -0.347 e. The second kappa shape index (κ2) is 9.40. The zero-order valence-electron chi connectivity index (χ0n) is 18.6. The Kier molecular flexibility index (Phi) is 7.12. The van der Waals surface area contributed by atoms with E-state index in [9.17, 15) is 9.59 Å². The summed E-state index contributed by atoms with van der Waals surface area (Å²) < 4.78 is 0. The van der Waals surface area contributed by atoms with Crippen LogP contribution < -0.4 is 10.9 Å². The van der Waals surface area contributed by atoms with E-state index in [-0.39, 0.29) is 17.5 Å². The molecule has 1 heterocycles. The van der Waals surface area contributed by atoms with Crippen molar-refractivity contribution in [3.8, 4) is 0 Å². The van der Waals surface area contributed by atoms with Gasteiger partial charge in [0.2, 0.25) is 5.91 Å². The van der Waals surface area contributed by atoms with Gasteiger partial charge in [-0.1, -0.05) is 40.5 Å². The second-order valence-electron chi connectivity index (χ2n) is 10.2. The minimum atomic E-state index is -0.373. The molecular formula is C23H38N4O2. The molecule has 6 nitrogen and oxygen atoms in total. The van der Waals surface area contributed by atoms with E-state index in [1.54, 1.807) is 0 Å². The van der Waals surface area contributed by atoms with E-state index in [1.807, 2.05) is 6.92 Å². The Morgan fingerprint density at radius 2 is 1.76 bits per heavy atom. The maximum atomic E-state index is 12.6. The molecule has 2 aliphatic rings. The number of hydrogen-bond donors (Lipinski definition) is 2. The van der Waals surface area contributed by atoms with E-state index in [2.05, 4.69) is 41.3 Å². The number of rotatable bonds is 6. The lowest BCUT2D eigenvalue weighted by atomic mass is 9.69. The molecule has 0 spiro atoms. The average Bonchev–Trinajstić information content (AvgIpc) is 3.21. The van der Waals surface area contributed by atoms with Gasteiger partial charge in [0.05, 0.1) is 6.04 Å². The molecular weight excluding hydrogens is 364 g/mol. The van der Waals surface area contributed by atoms with Crippen molar-refractivity contribution in [3.63, 3.8) is 0 Å². The third-order valence-corrected chi connectivity index (χ3v) is 7.10. The highest BCUT2D eigenvalue weighted by Gasteiger charge is 2.31. The zero-order valence-corrected chi connectivity index (χ0v) is 18.6. The van der Waals surface area contributed by atoms with Gasteiger partial charge in [0.25, 0.3) is 5.56 Å². The SMILES string of the molecule is CCC(NC(=O)CC1CCC(C(C)(C)C)CC1)c1nnc(C2CCCC2)[nH]c1=O. The Labute approximate surface area is 174 Å². The molecule has 1 amide bonds. The molecule has 1 atom stereocenters. The third-order valence-electron chi connectivity index (χ3n) is 7.10. The van der Waals surface area contributed by atoms with Gasteiger partial charge < -0.3 is 10.3 Å². The first-order valence-electron chi connectivity index (χ1n) is 11.5. The van der Waals surface area contributed by atoms with Crippen LogP contribution in [0.5, 0.6) is 0 Å². The Morgan fingerprint density at radius 1 is 1.10 bits per heavy atom. The molecule has 1 unspecified atom stereocenters. The predicted octanol–water partition coefficient (Wildman–Crippen LogP) is 4.63. The first-order chi connectivity index (χ1) is 13.8. The first-order valence-corrected chi connectivity index (χ1v) is 11.5. The molecule has 1 aromatic rings. The summed E-state index contributed by atoms with van der Waals surface area (Å²) in [6.07, 6.45) is 10.3. The number of H-pyrrole nitrogens is 1. The standard InChI is InChI=1S/C23H38N4O2/c1-5-18(20-22(29)25-21(27-26-20)16-8-6-7-9-16)24-19(28)14-15-10-12-17(13-11-15)23(2,3)4/h15-18H,5-14H2,1-4H3,(H,24,28)(H,25,27,29). The quantitative estimate of drug-likeness (QED) is 0.726. The summed E-state index contributed by atoms with van der Waals surface area (Å²) in [5.74, 6) is 2.24.